The summed E-state index contributed by atoms with van der Waals surface area (Å²) in [4.78, 5) is 95.1. The van der Waals surface area contributed by atoms with Gasteiger partial charge in [0.05, 0.1) is 19.5 Å². The van der Waals surface area contributed by atoms with Crippen molar-refractivity contribution < 1.29 is 90.7 Å². The number of nitrogens with one attached hydrogen (secondary N) is 2. The molecule has 0 radical (unpaired) electrons. The first-order chi connectivity index (χ1) is 30.0. The predicted molar refractivity (Wildman–Crippen MR) is 201 cm³/mol. The first kappa shape index (κ1) is 47.4. The van der Waals surface area contributed by atoms with Crippen molar-refractivity contribution in [3.63, 3.8) is 0 Å². The molecule has 64 heavy (non-hydrogen) atoms. The summed E-state index contributed by atoms with van der Waals surface area (Å²) in [6.07, 6.45) is -22.9. The molecule has 3 aliphatic heterocycles. The van der Waals surface area contributed by atoms with Crippen LogP contribution in [-0.4, -0.2) is 153 Å². The molecule has 0 amide bonds. The number of imidazole rings is 1. The van der Waals surface area contributed by atoms with E-state index in [1.165, 1.54) is 6.07 Å². The van der Waals surface area contributed by atoms with Gasteiger partial charge in [-0.15, -0.1) is 4.89 Å². The van der Waals surface area contributed by atoms with Gasteiger partial charge in [-0.2, -0.15) is 9.97 Å². The maximum absolute atomic E-state index is 13.5. The van der Waals surface area contributed by atoms with Gasteiger partial charge in [-0.3, -0.25) is 51.4 Å². The quantitative estimate of drug-likeness (QED) is 0.0368. The van der Waals surface area contributed by atoms with Crippen LogP contribution in [0, 0.1) is 0 Å². The minimum Gasteiger partial charge on any atom is -0.387 e. The topological polar surface area (TPSA) is 492 Å². The van der Waals surface area contributed by atoms with E-state index in [2.05, 4.69) is 24.5 Å². The highest BCUT2D eigenvalue weighted by atomic mass is 31.2. The van der Waals surface area contributed by atoms with Gasteiger partial charge in [0, 0.05) is 23.0 Å². The number of hydrogen-bond donors (Lipinski definition) is 12. The molecule has 7 rings (SSSR count). The van der Waals surface area contributed by atoms with Crippen LogP contribution in [0.1, 0.15) is 18.7 Å². The fourth-order valence-electron chi connectivity index (χ4n) is 6.80. The SMILES string of the molecule is Nc1ccn([C@@H]2O[C@H](COP(=O)(O)O[C@H]3[C@@H](O)[C@H](n4cnc5c(=O)[nH]c(N)nc54)O[C@@H]3COP(=O)(O)O[C@H]3[C@@H](O)[C@H](n4ccc(=O)[nH]c4=O)O[C@@H]3[C@H](O)O[P+](=O)O)[C@@H](O)[C@H]2O)c(=O)n1. The zero-order valence-electron chi connectivity index (χ0n) is 31.7. The van der Waals surface area contributed by atoms with Crippen LogP contribution in [0.15, 0.2) is 50.0 Å². The smallest absolute Gasteiger partial charge is 0.387 e. The van der Waals surface area contributed by atoms with E-state index in [9.17, 15) is 73.1 Å². The number of aromatic nitrogens is 8. The summed E-state index contributed by atoms with van der Waals surface area (Å²) >= 11 is 0. The van der Waals surface area contributed by atoms with E-state index in [1.54, 1.807) is 0 Å². The summed E-state index contributed by atoms with van der Waals surface area (Å²) in [7, 11) is -14.7. The van der Waals surface area contributed by atoms with Crippen LogP contribution in [0.2, 0.25) is 0 Å². The molecular weight excluding hydrogens is 937 g/mol. The van der Waals surface area contributed by atoms with Gasteiger partial charge in [-0.1, -0.05) is 4.52 Å². The minimum atomic E-state index is -5.65. The highest BCUT2D eigenvalue weighted by Crippen LogP contribution is 2.52. The Morgan fingerprint density at radius 3 is 2.05 bits per heavy atom. The van der Waals surface area contributed by atoms with Gasteiger partial charge in [0.25, 0.3) is 11.1 Å². The number of anilines is 2. The van der Waals surface area contributed by atoms with E-state index in [0.717, 1.165) is 33.9 Å². The second kappa shape index (κ2) is 18.4. The molecule has 3 unspecified atom stereocenters. The lowest BCUT2D eigenvalue weighted by Gasteiger charge is -2.26. The van der Waals surface area contributed by atoms with Crippen molar-refractivity contribution in [1.82, 2.24) is 38.6 Å². The maximum Gasteiger partial charge on any atom is 0.697 e. The van der Waals surface area contributed by atoms with Crippen LogP contribution in [0.3, 0.4) is 0 Å². The van der Waals surface area contributed by atoms with Crippen LogP contribution >= 0.6 is 23.9 Å². The Morgan fingerprint density at radius 2 is 1.39 bits per heavy atom. The molecular formula is C28H36N10O23P3+. The highest BCUT2D eigenvalue weighted by Gasteiger charge is 2.55. The van der Waals surface area contributed by atoms with Gasteiger partial charge >= 0.3 is 35.3 Å². The zero-order valence-corrected chi connectivity index (χ0v) is 34.4. The Kier molecular flexibility index (Phi) is 13.6. The number of aliphatic hydroxyl groups is 5. The van der Waals surface area contributed by atoms with Crippen LogP contribution in [0.25, 0.3) is 11.2 Å². The lowest BCUT2D eigenvalue weighted by molar-refractivity contribution is -0.155. The lowest BCUT2D eigenvalue weighted by Crippen LogP contribution is -2.41. The Bertz CT molecular complexity index is 2730. The average Bonchev–Trinajstić information content (AvgIpc) is 3.92. The number of aliphatic hydroxyl groups excluding tert-OH is 5. The third-order valence-electron chi connectivity index (χ3n) is 9.66. The van der Waals surface area contributed by atoms with Gasteiger partial charge in [-0.05, 0) is 6.07 Å². The standard InChI is InChI=1S/C28H35N10O23P3/c29-10-1-3-36(27(46)32-10)22-14(41)13(40)8(56-22)5-54-63(50,51)60-17-9(57-24(15(17)42)38-7-31-12-20(38)34-26(30)35-21(12)44)6-55-64(52,53)61-18-16(43)23(37-4-2-11(39)33-28(37)47)58-19(18)25(45)59-62(48)49/h1-4,7-9,13-19,22-25,40-43,45H,5-6H2,(H8-,29,30,32,33,34,35,39,44,46,47,48,49,50,51,52,53)/p+1/t8-,9-,13-,14-,15-,16-,17-,18+,19+,22-,23-,24-,25-/m1/s1. The summed E-state index contributed by atoms with van der Waals surface area (Å²) in [5.74, 6) is -0.588. The number of nitrogen functional groups attached to an aromatic ring is 2. The lowest BCUT2D eigenvalue weighted by atomic mass is 10.1. The van der Waals surface area contributed by atoms with Crippen molar-refractivity contribution in [3.8, 4) is 0 Å². The number of fused-ring (bicyclic) bond motifs is 1. The first-order valence-corrected chi connectivity index (χ1v) is 22.1. The molecule has 0 spiro atoms. The summed E-state index contributed by atoms with van der Waals surface area (Å²) in [5.41, 5.74) is 6.65. The Hall–Kier alpha value is -4.57. The largest absolute Gasteiger partial charge is 0.697 e. The molecule has 0 saturated carbocycles. The van der Waals surface area contributed by atoms with Crippen molar-refractivity contribution in [1.29, 1.82) is 0 Å². The normalized spacial score (nSPS) is 32.1. The molecule has 4 aromatic rings. The molecule has 3 saturated heterocycles. The third kappa shape index (κ3) is 9.83. The number of nitrogens with two attached hydrogens (primary N) is 2. The van der Waals surface area contributed by atoms with Crippen molar-refractivity contribution in [3.05, 3.63) is 72.5 Å². The predicted octanol–water partition coefficient (Wildman–Crippen LogP) is -5.78. The Balaban J connectivity index is 1.11. The maximum atomic E-state index is 13.5. The van der Waals surface area contributed by atoms with Crippen molar-refractivity contribution in [2.24, 2.45) is 0 Å². The molecule has 33 nitrogen and oxygen atoms in total. The van der Waals surface area contributed by atoms with E-state index in [-0.39, 0.29) is 17.0 Å². The summed E-state index contributed by atoms with van der Waals surface area (Å²) < 4.78 is 81.9. The van der Waals surface area contributed by atoms with Crippen LogP contribution in [0.5, 0.6) is 0 Å². The summed E-state index contributed by atoms with van der Waals surface area (Å²) in [6.45, 7) is -2.26. The molecule has 0 aromatic carbocycles. The molecule has 7 heterocycles. The molecule has 0 bridgehead atoms. The van der Waals surface area contributed by atoms with E-state index in [4.69, 9.17) is 43.8 Å². The highest BCUT2D eigenvalue weighted by molar-refractivity contribution is 7.47. The van der Waals surface area contributed by atoms with E-state index in [0.29, 0.717) is 4.57 Å². The number of hydrogen-bond acceptors (Lipinski definition) is 25. The molecule has 350 valence electrons. The van der Waals surface area contributed by atoms with Crippen LogP contribution in [-0.2, 0) is 50.5 Å². The summed E-state index contributed by atoms with van der Waals surface area (Å²) in [6, 6.07) is 2.01. The zero-order chi connectivity index (χ0) is 46.6. The van der Waals surface area contributed by atoms with Gasteiger partial charge in [0.1, 0.15) is 60.8 Å². The van der Waals surface area contributed by atoms with Gasteiger partial charge in [0.15, 0.2) is 29.8 Å². The number of phosphoric acid groups is 2. The Morgan fingerprint density at radius 1 is 0.797 bits per heavy atom. The minimum absolute atomic E-state index is 0.169. The second-order valence-electron chi connectivity index (χ2n) is 13.8. The van der Waals surface area contributed by atoms with Gasteiger partial charge in [-0.25, -0.2) is 23.7 Å². The number of aromatic amines is 2. The fourth-order valence-corrected chi connectivity index (χ4v) is 9.02. The number of rotatable bonds is 16. The summed E-state index contributed by atoms with van der Waals surface area (Å²) in [5, 5.41) is 54.2. The van der Waals surface area contributed by atoms with Crippen LogP contribution in [0.4, 0.5) is 11.8 Å². The number of nitrogens with zero attached hydrogens (tertiary/aromatic N) is 6. The molecule has 16 atom stereocenters. The number of ether oxygens (including phenoxy) is 3. The van der Waals surface area contributed by atoms with Crippen molar-refractivity contribution in [2.75, 3.05) is 24.7 Å². The third-order valence-corrected chi connectivity index (χ3v) is 12.0. The molecule has 3 fully saturated rings. The molecule has 14 N–H and O–H groups in total. The second-order valence-corrected chi connectivity index (χ2v) is 17.3. The van der Waals surface area contributed by atoms with Gasteiger partial charge in [0.2, 0.25) is 12.2 Å². The molecule has 3 aliphatic rings. The molecule has 36 heteroatoms. The van der Waals surface area contributed by atoms with Gasteiger partial charge < -0.3 is 61.0 Å². The first-order valence-electron chi connectivity index (χ1n) is 17.9. The molecule has 0 aliphatic carbocycles. The van der Waals surface area contributed by atoms with E-state index >= 15 is 0 Å². The monoisotopic (exact) mass is 973 g/mol. The Labute approximate surface area is 353 Å². The van der Waals surface area contributed by atoms with Crippen LogP contribution < -0.4 is 34.0 Å². The number of phosphoric ester groups is 2. The van der Waals surface area contributed by atoms with E-state index in [1.807, 2.05) is 4.98 Å². The number of H-pyrrole nitrogens is 2. The van der Waals surface area contributed by atoms with Crippen molar-refractivity contribution in [2.45, 2.75) is 79.9 Å². The fraction of sp³-hybridized carbons (Fsp3) is 0.536. The van der Waals surface area contributed by atoms with E-state index < -0.39 is 145 Å². The average molecular weight is 974 g/mol. The van der Waals surface area contributed by atoms with Crippen molar-refractivity contribution >= 4 is 46.8 Å². The molecule has 4 aromatic heterocycles.